The fraction of sp³-hybridized carbons (Fsp3) is 0.417. The quantitative estimate of drug-likeness (QED) is 0.766. The average molecular weight is 242 g/mol. The van der Waals surface area contributed by atoms with Crippen LogP contribution in [0.25, 0.3) is 0 Å². The highest BCUT2D eigenvalue weighted by Crippen LogP contribution is 2.32. The van der Waals surface area contributed by atoms with Crippen molar-refractivity contribution in [3.63, 3.8) is 0 Å². The van der Waals surface area contributed by atoms with E-state index in [-0.39, 0.29) is 5.41 Å². The predicted octanol–water partition coefficient (Wildman–Crippen LogP) is 4.48. The Morgan fingerprint density at radius 1 is 1.40 bits per heavy atom. The first-order valence-electron chi connectivity index (χ1n) is 4.86. The maximum absolute atomic E-state index is 9.08. The second kappa shape index (κ2) is 4.88. The lowest BCUT2D eigenvalue weighted by Gasteiger charge is -2.20. The van der Waals surface area contributed by atoms with E-state index < -0.39 is 0 Å². The summed E-state index contributed by atoms with van der Waals surface area (Å²) in [4.78, 5) is 0. The highest BCUT2D eigenvalue weighted by atomic mass is 35.5. The monoisotopic (exact) mass is 241 g/mol. The lowest BCUT2D eigenvalue weighted by atomic mass is 9.83. The lowest BCUT2D eigenvalue weighted by molar-refractivity contribution is 0.423. The minimum atomic E-state index is -0.367. The van der Waals surface area contributed by atoms with E-state index in [9.17, 15) is 0 Å². The van der Waals surface area contributed by atoms with Crippen LogP contribution >= 0.6 is 23.2 Å². The first kappa shape index (κ1) is 12.4. The van der Waals surface area contributed by atoms with Gasteiger partial charge in [0.15, 0.2) is 0 Å². The third-order valence-corrected chi connectivity index (χ3v) is 3.52. The molecule has 1 aromatic carbocycles. The van der Waals surface area contributed by atoms with Crippen molar-refractivity contribution in [1.29, 1.82) is 5.26 Å². The summed E-state index contributed by atoms with van der Waals surface area (Å²) >= 11 is 12.0. The molecular weight excluding hydrogens is 229 g/mol. The van der Waals surface area contributed by atoms with E-state index in [1.807, 2.05) is 26.0 Å². The molecule has 0 radical (unpaired) electrons. The number of rotatable bonds is 3. The molecule has 0 saturated carbocycles. The molecule has 0 aromatic heterocycles. The van der Waals surface area contributed by atoms with Gasteiger partial charge in [-0.2, -0.15) is 5.26 Å². The van der Waals surface area contributed by atoms with Crippen molar-refractivity contribution in [3.05, 3.63) is 33.8 Å². The molecule has 0 bridgehead atoms. The molecule has 1 atom stereocenters. The van der Waals surface area contributed by atoms with Crippen LogP contribution < -0.4 is 0 Å². The third-order valence-electron chi connectivity index (χ3n) is 2.66. The van der Waals surface area contributed by atoms with E-state index in [4.69, 9.17) is 28.5 Å². The molecule has 1 unspecified atom stereocenters. The van der Waals surface area contributed by atoms with E-state index in [2.05, 4.69) is 6.07 Å². The van der Waals surface area contributed by atoms with Gasteiger partial charge in [-0.1, -0.05) is 42.3 Å². The molecule has 0 aliphatic heterocycles. The maximum atomic E-state index is 9.08. The van der Waals surface area contributed by atoms with E-state index in [0.29, 0.717) is 16.5 Å². The van der Waals surface area contributed by atoms with Gasteiger partial charge in [0, 0.05) is 0 Å². The molecule has 0 aliphatic carbocycles. The highest BCUT2D eigenvalue weighted by molar-refractivity contribution is 6.42. The van der Waals surface area contributed by atoms with Crippen LogP contribution in [0.3, 0.4) is 0 Å². The number of halogens is 2. The van der Waals surface area contributed by atoms with Crippen LogP contribution in [0.5, 0.6) is 0 Å². The first-order valence-corrected chi connectivity index (χ1v) is 5.62. The zero-order chi connectivity index (χ0) is 11.5. The van der Waals surface area contributed by atoms with Gasteiger partial charge < -0.3 is 0 Å². The highest BCUT2D eigenvalue weighted by Gasteiger charge is 2.23. The van der Waals surface area contributed by atoms with Crippen molar-refractivity contribution in [1.82, 2.24) is 0 Å². The van der Waals surface area contributed by atoms with Gasteiger partial charge in [0.2, 0.25) is 0 Å². The van der Waals surface area contributed by atoms with Gasteiger partial charge in [0.25, 0.3) is 0 Å². The van der Waals surface area contributed by atoms with Gasteiger partial charge in [-0.15, -0.1) is 0 Å². The summed E-state index contributed by atoms with van der Waals surface area (Å²) in [7, 11) is 0. The third kappa shape index (κ3) is 2.87. The molecule has 80 valence electrons. The van der Waals surface area contributed by atoms with Gasteiger partial charge in [-0.3, -0.25) is 0 Å². The molecule has 0 N–H and O–H groups in total. The summed E-state index contributed by atoms with van der Waals surface area (Å²) in [6, 6.07) is 7.85. The summed E-state index contributed by atoms with van der Waals surface area (Å²) in [6.07, 6.45) is 1.44. The minimum Gasteiger partial charge on any atom is -0.198 e. The molecule has 1 rings (SSSR count). The van der Waals surface area contributed by atoms with Gasteiger partial charge in [0.1, 0.15) is 0 Å². The van der Waals surface area contributed by atoms with Gasteiger partial charge in [-0.25, -0.2) is 0 Å². The fourth-order valence-corrected chi connectivity index (χ4v) is 1.74. The number of nitriles is 1. The Balaban J connectivity index is 3.00. The van der Waals surface area contributed by atoms with Crippen molar-refractivity contribution in [3.8, 4) is 6.07 Å². The molecule has 0 amide bonds. The molecule has 3 heteroatoms. The van der Waals surface area contributed by atoms with E-state index in [1.54, 1.807) is 6.07 Å². The molecule has 15 heavy (non-hydrogen) atoms. The zero-order valence-corrected chi connectivity index (χ0v) is 10.4. The smallest absolute Gasteiger partial charge is 0.0690 e. The van der Waals surface area contributed by atoms with Crippen LogP contribution in [-0.4, -0.2) is 0 Å². The van der Waals surface area contributed by atoms with Crippen molar-refractivity contribution >= 4 is 23.2 Å². The normalized spacial score (nSPS) is 14.3. The molecule has 0 saturated heterocycles. The fourth-order valence-electron chi connectivity index (χ4n) is 1.35. The van der Waals surface area contributed by atoms with E-state index in [1.165, 1.54) is 0 Å². The Labute approximate surface area is 101 Å². The van der Waals surface area contributed by atoms with E-state index >= 15 is 0 Å². The minimum absolute atomic E-state index is 0.367. The Hall–Kier alpha value is -0.710. The van der Waals surface area contributed by atoms with Crippen molar-refractivity contribution < 1.29 is 0 Å². The molecule has 0 fully saturated rings. The SMILES string of the molecule is CCC(C)(C#N)Cc1cccc(Cl)c1Cl. The first-order chi connectivity index (χ1) is 7.02. The number of hydrogen-bond donors (Lipinski definition) is 0. The molecular formula is C12H13Cl2N. The number of benzene rings is 1. The summed E-state index contributed by atoms with van der Waals surface area (Å²) < 4.78 is 0. The largest absolute Gasteiger partial charge is 0.198 e. The van der Waals surface area contributed by atoms with Crippen LogP contribution in [0.4, 0.5) is 0 Å². The molecule has 0 heterocycles. The Kier molecular flexibility index (Phi) is 4.02. The van der Waals surface area contributed by atoms with Crippen LogP contribution in [-0.2, 0) is 6.42 Å². The van der Waals surface area contributed by atoms with Crippen molar-refractivity contribution in [2.45, 2.75) is 26.7 Å². The summed E-state index contributed by atoms with van der Waals surface area (Å²) in [5.41, 5.74) is 0.573. The number of hydrogen-bond acceptors (Lipinski definition) is 1. The van der Waals surface area contributed by atoms with Gasteiger partial charge in [0.05, 0.1) is 21.5 Å². The Morgan fingerprint density at radius 3 is 2.60 bits per heavy atom. The summed E-state index contributed by atoms with van der Waals surface area (Å²) in [5.74, 6) is 0. The topological polar surface area (TPSA) is 23.8 Å². The lowest BCUT2D eigenvalue weighted by Crippen LogP contribution is -2.16. The second-order valence-electron chi connectivity index (χ2n) is 3.92. The maximum Gasteiger partial charge on any atom is 0.0690 e. The van der Waals surface area contributed by atoms with E-state index in [0.717, 1.165) is 12.0 Å². The van der Waals surface area contributed by atoms with Crippen LogP contribution in [0.2, 0.25) is 10.0 Å². The van der Waals surface area contributed by atoms with Crippen LogP contribution in [0, 0.1) is 16.7 Å². The Morgan fingerprint density at radius 2 is 2.07 bits per heavy atom. The van der Waals surface area contributed by atoms with Gasteiger partial charge in [-0.05, 0) is 31.4 Å². The molecule has 0 aliphatic rings. The van der Waals surface area contributed by atoms with Gasteiger partial charge >= 0.3 is 0 Å². The Bertz CT molecular complexity index is 395. The zero-order valence-electron chi connectivity index (χ0n) is 8.85. The molecule has 1 aromatic rings. The summed E-state index contributed by atoms with van der Waals surface area (Å²) in [6.45, 7) is 3.94. The standard InChI is InChI=1S/C12H13Cl2N/c1-3-12(2,8-15)7-9-5-4-6-10(13)11(9)14/h4-6H,3,7H2,1-2H3. The van der Waals surface area contributed by atoms with Crippen molar-refractivity contribution in [2.75, 3.05) is 0 Å². The second-order valence-corrected chi connectivity index (χ2v) is 4.70. The van der Waals surface area contributed by atoms with Crippen LogP contribution in [0.15, 0.2) is 18.2 Å². The molecule has 0 spiro atoms. The predicted molar refractivity (Wildman–Crippen MR) is 64.2 cm³/mol. The average Bonchev–Trinajstić information content (AvgIpc) is 2.25. The van der Waals surface area contributed by atoms with Crippen molar-refractivity contribution in [2.24, 2.45) is 5.41 Å². The molecule has 1 nitrogen and oxygen atoms in total. The number of nitrogens with zero attached hydrogens (tertiary/aromatic N) is 1. The van der Waals surface area contributed by atoms with Crippen LogP contribution in [0.1, 0.15) is 25.8 Å². The summed E-state index contributed by atoms with van der Waals surface area (Å²) in [5, 5.41) is 10.2.